The topological polar surface area (TPSA) is 52.3 Å². The smallest absolute Gasteiger partial charge is 0.345 e. The Labute approximate surface area is 187 Å². The van der Waals surface area contributed by atoms with Gasteiger partial charge in [0.15, 0.2) is 0 Å². The summed E-state index contributed by atoms with van der Waals surface area (Å²) in [5.74, 6) is 0.672. The minimum absolute atomic E-state index is 0.410. The van der Waals surface area contributed by atoms with Gasteiger partial charge in [-0.15, -0.1) is 0 Å². The Hall–Kier alpha value is -3.66. The van der Waals surface area contributed by atoms with Crippen molar-refractivity contribution < 1.29 is 9.15 Å². The molecule has 162 valence electrons. The summed E-state index contributed by atoms with van der Waals surface area (Å²) in [6.07, 6.45) is 6.39. The lowest BCUT2D eigenvalue weighted by Crippen LogP contribution is -2.04. The fraction of sp³-hybridized carbons (Fsp3) is 0.214. The van der Waals surface area contributed by atoms with E-state index in [0.29, 0.717) is 29.2 Å². The van der Waals surface area contributed by atoms with Crippen LogP contribution in [0.5, 0.6) is 5.75 Å². The van der Waals surface area contributed by atoms with Crippen LogP contribution >= 0.6 is 0 Å². The van der Waals surface area contributed by atoms with Crippen LogP contribution in [0.1, 0.15) is 33.6 Å². The molecule has 0 N–H and O–H groups in total. The lowest BCUT2D eigenvalue weighted by Gasteiger charge is -2.07. The van der Waals surface area contributed by atoms with Gasteiger partial charge >= 0.3 is 5.63 Å². The molecule has 0 radical (unpaired) electrons. The van der Waals surface area contributed by atoms with E-state index >= 15 is 0 Å². The molecule has 4 heteroatoms. The number of nitrogens with zero attached hydrogens (tertiary/aromatic N) is 1. The van der Waals surface area contributed by atoms with Gasteiger partial charge in [-0.3, -0.25) is 0 Å². The number of ether oxygens (including phenoxy) is 1. The summed E-state index contributed by atoms with van der Waals surface area (Å²) in [5, 5.41) is 1.86. The van der Waals surface area contributed by atoms with E-state index in [2.05, 4.69) is 37.9 Å². The second-order valence-electron chi connectivity index (χ2n) is 8.22. The van der Waals surface area contributed by atoms with E-state index in [1.165, 1.54) is 11.1 Å². The molecule has 0 spiro atoms. The minimum Gasteiger partial charge on any atom is -0.489 e. The summed E-state index contributed by atoms with van der Waals surface area (Å²) < 4.78 is 11.5. The van der Waals surface area contributed by atoms with Gasteiger partial charge in [0.2, 0.25) is 0 Å². The van der Waals surface area contributed by atoms with Gasteiger partial charge in [0.25, 0.3) is 0 Å². The lowest BCUT2D eigenvalue weighted by molar-refractivity contribution is 0.361. The first kappa shape index (κ1) is 21.6. The molecule has 0 amide bonds. The van der Waals surface area contributed by atoms with Crippen molar-refractivity contribution in [3.05, 3.63) is 94.4 Å². The second kappa shape index (κ2) is 9.65. The van der Waals surface area contributed by atoms with E-state index in [-0.39, 0.29) is 0 Å². The number of rotatable bonds is 7. The molecule has 2 heterocycles. The zero-order chi connectivity index (χ0) is 22.5. The van der Waals surface area contributed by atoms with Gasteiger partial charge in [0, 0.05) is 16.8 Å². The number of benzene rings is 2. The monoisotopic (exact) mass is 425 g/mol. The van der Waals surface area contributed by atoms with Gasteiger partial charge < -0.3 is 9.15 Å². The molecule has 0 atom stereocenters. The summed E-state index contributed by atoms with van der Waals surface area (Å²) in [5.41, 5.74) is 4.63. The van der Waals surface area contributed by atoms with E-state index in [4.69, 9.17) is 9.15 Å². The highest BCUT2D eigenvalue weighted by Crippen LogP contribution is 2.25. The van der Waals surface area contributed by atoms with Gasteiger partial charge in [-0.1, -0.05) is 41.5 Å². The van der Waals surface area contributed by atoms with Crippen LogP contribution in [0, 0.1) is 0 Å². The Kier molecular flexibility index (Phi) is 6.50. The maximum atomic E-state index is 12.7. The number of hydrogen-bond donors (Lipinski definition) is 0. The summed E-state index contributed by atoms with van der Waals surface area (Å²) in [7, 11) is 0. The van der Waals surface area contributed by atoms with Gasteiger partial charge in [0.05, 0.1) is 16.8 Å². The van der Waals surface area contributed by atoms with Crippen molar-refractivity contribution in [3.63, 3.8) is 0 Å². The highest BCUT2D eigenvalue weighted by Gasteiger charge is 2.10. The first-order chi connectivity index (χ1) is 15.5. The van der Waals surface area contributed by atoms with Crippen LogP contribution in [-0.4, -0.2) is 11.6 Å². The number of hydrogen-bond acceptors (Lipinski definition) is 4. The van der Waals surface area contributed by atoms with Crippen LogP contribution in [-0.2, 0) is 0 Å². The van der Waals surface area contributed by atoms with Crippen molar-refractivity contribution in [2.24, 2.45) is 0 Å². The van der Waals surface area contributed by atoms with Crippen molar-refractivity contribution in [1.82, 2.24) is 4.98 Å². The average Bonchev–Trinajstić information content (AvgIpc) is 2.78. The number of allylic oxidation sites excluding steroid dienone is 3. The second-order valence-corrected chi connectivity index (χ2v) is 8.22. The molecule has 2 aromatic heterocycles. The Morgan fingerprint density at radius 2 is 1.78 bits per heavy atom. The molecule has 0 fully saturated rings. The Bertz CT molecular complexity index is 1370. The predicted octanol–water partition coefficient (Wildman–Crippen LogP) is 7.08. The van der Waals surface area contributed by atoms with Gasteiger partial charge in [-0.2, -0.15) is 0 Å². The third-order valence-electron chi connectivity index (χ3n) is 5.35. The van der Waals surface area contributed by atoms with Gasteiger partial charge in [-0.05, 0) is 70.0 Å². The summed E-state index contributed by atoms with van der Waals surface area (Å²) in [4.78, 5) is 17.3. The Morgan fingerprint density at radius 1 is 0.969 bits per heavy atom. The molecule has 4 rings (SSSR count). The molecule has 0 saturated heterocycles. The van der Waals surface area contributed by atoms with E-state index in [1.54, 1.807) is 6.07 Å². The van der Waals surface area contributed by atoms with Crippen molar-refractivity contribution in [1.29, 1.82) is 0 Å². The maximum absolute atomic E-state index is 12.7. The minimum atomic E-state index is -0.410. The molecule has 0 unspecified atom stereocenters. The molecule has 4 nitrogen and oxygen atoms in total. The molecule has 0 aliphatic rings. The first-order valence-electron chi connectivity index (χ1n) is 10.9. The van der Waals surface area contributed by atoms with E-state index < -0.39 is 5.63 Å². The molecule has 0 saturated carbocycles. The summed E-state index contributed by atoms with van der Waals surface area (Å²) >= 11 is 0. The molecule has 0 aliphatic heterocycles. The van der Waals surface area contributed by atoms with Crippen LogP contribution in [0.4, 0.5) is 0 Å². The third-order valence-corrected chi connectivity index (χ3v) is 5.35. The molecule has 0 aliphatic carbocycles. The standard InChI is InChI=1S/C28H27NO3/c1-19(2)7-6-8-20(3)15-16-31-23-13-11-22-17-24(28(30)32-27(22)18-23)26-14-12-21-9-4-5-10-25(21)29-26/h4-5,7,9-15,17-18H,6,8,16H2,1-3H3/b20-15+. The molecule has 32 heavy (non-hydrogen) atoms. The normalized spacial score (nSPS) is 11.7. The van der Waals surface area contributed by atoms with Gasteiger partial charge in [0.1, 0.15) is 17.9 Å². The quantitative estimate of drug-likeness (QED) is 0.234. The first-order valence-corrected chi connectivity index (χ1v) is 10.9. The lowest BCUT2D eigenvalue weighted by atomic mass is 10.1. The SMILES string of the molecule is CC(C)=CCC/C(C)=C/COc1ccc2cc(-c3ccc4ccccc4n3)c(=O)oc2c1. The number of aromatic nitrogens is 1. The maximum Gasteiger partial charge on any atom is 0.345 e. The van der Waals surface area contributed by atoms with Crippen molar-refractivity contribution in [2.75, 3.05) is 6.61 Å². The fourth-order valence-electron chi connectivity index (χ4n) is 3.55. The van der Waals surface area contributed by atoms with Gasteiger partial charge in [-0.25, -0.2) is 9.78 Å². The number of fused-ring (bicyclic) bond motifs is 2. The largest absolute Gasteiger partial charge is 0.489 e. The number of pyridine rings is 1. The zero-order valence-electron chi connectivity index (χ0n) is 18.7. The number of para-hydroxylation sites is 1. The Morgan fingerprint density at radius 3 is 2.62 bits per heavy atom. The highest BCUT2D eigenvalue weighted by molar-refractivity contribution is 5.85. The predicted molar refractivity (Wildman–Crippen MR) is 131 cm³/mol. The van der Waals surface area contributed by atoms with Crippen LogP contribution in [0.15, 0.2) is 93.2 Å². The van der Waals surface area contributed by atoms with E-state index in [9.17, 15) is 4.79 Å². The molecule has 0 bridgehead atoms. The summed E-state index contributed by atoms with van der Waals surface area (Å²) in [6, 6.07) is 19.0. The van der Waals surface area contributed by atoms with Crippen molar-refractivity contribution >= 4 is 21.9 Å². The van der Waals surface area contributed by atoms with E-state index in [1.807, 2.05) is 54.6 Å². The zero-order valence-corrected chi connectivity index (χ0v) is 18.7. The fourth-order valence-corrected chi connectivity index (χ4v) is 3.55. The average molecular weight is 426 g/mol. The van der Waals surface area contributed by atoms with Crippen LogP contribution in [0.2, 0.25) is 0 Å². The van der Waals surface area contributed by atoms with Crippen LogP contribution < -0.4 is 10.4 Å². The van der Waals surface area contributed by atoms with E-state index in [0.717, 1.165) is 29.1 Å². The molecular weight excluding hydrogens is 398 g/mol. The molecular formula is C28H27NO3. The summed E-state index contributed by atoms with van der Waals surface area (Å²) in [6.45, 7) is 6.82. The highest BCUT2D eigenvalue weighted by atomic mass is 16.5. The molecule has 2 aromatic carbocycles. The molecule has 4 aromatic rings. The Balaban J connectivity index is 1.51. The third kappa shape index (κ3) is 5.14. The van der Waals surface area contributed by atoms with Crippen LogP contribution in [0.25, 0.3) is 33.1 Å². The van der Waals surface area contributed by atoms with Crippen LogP contribution in [0.3, 0.4) is 0 Å². The van der Waals surface area contributed by atoms with Crippen molar-refractivity contribution in [2.45, 2.75) is 33.6 Å². The van der Waals surface area contributed by atoms with Crippen molar-refractivity contribution in [3.8, 4) is 17.0 Å².